The summed E-state index contributed by atoms with van der Waals surface area (Å²) in [4.78, 5) is 28.0. The quantitative estimate of drug-likeness (QED) is 0.366. The third-order valence-electron chi connectivity index (χ3n) is 6.15. The SMILES string of the molecule is CC[C@H](C(=O)NC(C)C)N(Cc1ccc(Cl)c(Cl)c1)C(=O)CCCN(c1cccc(C)c1C)S(C)(=O)=O. The smallest absolute Gasteiger partial charge is 0.243 e. The van der Waals surface area contributed by atoms with Crippen LogP contribution in [0.25, 0.3) is 0 Å². The molecule has 37 heavy (non-hydrogen) atoms. The molecule has 204 valence electrons. The number of rotatable bonds is 12. The zero-order valence-electron chi connectivity index (χ0n) is 22.3. The average molecular weight is 571 g/mol. The van der Waals surface area contributed by atoms with Gasteiger partial charge in [0.15, 0.2) is 0 Å². The fourth-order valence-corrected chi connectivity index (χ4v) is 5.46. The summed E-state index contributed by atoms with van der Waals surface area (Å²) in [5.41, 5.74) is 3.20. The van der Waals surface area contributed by atoms with Gasteiger partial charge < -0.3 is 10.2 Å². The van der Waals surface area contributed by atoms with Crippen molar-refractivity contribution in [2.24, 2.45) is 0 Å². The van der Waals surface area contributed by atoms with Crippen molar-refractivity contribution >= 4 is 50.7 Å². The van der Waals surface area contributed by atoms with Crippen LogP contribution in [0, 0.1) is 13.8 Å². The second-order valence-corrected chi connectivity index (χ2v) is 12.2. The number of aryl methyl sites for hydroxylation is 1. The van der Waals surface area contributed by atoms with Crippen LogP contribution >= 0.6 is 23.2 Å². The minimum Gasteiger partial charge on any atom is -0.352 e. The lowest BCUT2D eigenvalue weighted by atomic mass is 10.1. The first kappa shape index (κ1) is 30.9. The Hall–Kier alpha value is -2.29. The number of anilines is 1. The lowest BCUT2D eigenvalue weighted by Crippen LogP contribution is -2.50. The lowest BCUT2D eigenvalue weighted by molar-refractivity contribution is -0.141. The van der Waals surface area contributed by atoms with Crippen molar-refractivity contribution in [3.05, 3.63) is 63.1 Å². The average Bonchev–Trinajstić information content (AvgIpc) is 2.79. The Kier molecular flexibility index (Phi) is 11.3. The predicted molar refractivity (Wildman–Crippen MR) is 152 cm³/mol. The van der Waals surface area contributed by atoms with Crippen LogP contribution in [0.5, 0.6) is 0 Å². The fraction of sp³-hybridized carbons (Fsp3) is 0.481. The van der Waals surface area contributed by atoms with Gasteiger partial charge in [0.25, 0.3) is 0 Å². The van der Waals surface area contributed by atoms with Gasteiger partial charge in [0.2, 0.25) is 21.8 Å². The van der Waals surface area contributed by atoms with Gasteiger partial charge in [-0.15, -0.1) is 0 Å². The molecule has 0 heterocycles. The van der Waals surface area contributed by atoms with Crippen LogP contribution < -0.4 is 9.62 Å². The molecule has 1 N–H and O–H groups in total. The number of carbonyl (C=O) groups excluding carboxylic acids is 2. The van der Waals surface area contributed by atoms with Gasteiger partial charge >= 0.3 is 0 Å². The number of halogens is 2. The first-order chi connectivity index (χ1) is 17.3. The first-order valence-corrected chi connectivity index (χ1v) is 14.9. The van der Waals surface area contributed by atoms with Gasteiger partial charge in [-0.25, -0.2) is 8.42 Å². The fourth-order valence-electron chi connectivity index (χ4n) is 4.12. The van der Waals surface area contributed by atoms with Crippen LogP contribution in [0.1, 0.15) is 56.7 Å². The number of amides is 2. The number of hydrogen-bond donors (Lipinski definition) is 1. The largest absolute Gasteiger partial charge is 0.352 e. The van der Waals surface area contributed by atoms with E-state index >= 15 is 0 Å². The molecule has 2 aromatic carbocycles. The number of carbonyl (C=O) groups is 2. The normalized spacial score (nSPS) is 12.4. The van der Waals surface area contributed by atoms with E-state index < -0.39 is 16.1 Å². The molecule has 0 aromatic heterocycles. The van der Waals surface area contributed by atoms with Crippen molar-refractivity contribution in [1.82, 2.24) is 10.2 Å². The van der Waals surface area contributed by atoms with E-state index in [0.717, 1.165) is 22.9 Å². The Labute approximate surface area is 231 Å². The summed E-state index contributed by atoms with van der Waals surface area (Å²) < 4.78 is 26.6. The van der Waals surface area contributed by atoms with Crippen molar-refractivity contribution in [1.29, 1.82) is 0 Å². The van der Waals surface area contributed by atoms with Crippen molar-refractivity contribution in [3.8, 4) is 0 Å². The molecule has 0 radical (unpaired) electrons. The van der Waals surface area contributed by atoms with Gasteiger partial charge in [-0.2, -0.15) is 0 Å². The molecule has 2 rings (SSSR count). The molecular formula is C27H37Cl2N3O4S. The molecule has 0 unspecified atom stereocenters. The Balaban J connectivity index is 2.28. The predicted octanol–water partition coefficient (Wildman–Crippen LogP) is 5.49. The van der Waals surface area contributed by atoms with E-state index in [4.69, 9.17) is 23.2 Å². The second-order valence-electron chi connectivity index (χ2n) is 9.52. The first-order valence-electron chi connectivity index (χ1n) is 12.3. The van der Waals surface area contributed by atoms with E-state index in [-0.39, 0.29) is 37.4 Å². The summed E-state index contributed by atoms with van der Waals surface area (Å²) >= 11 is 12.2. The van der Waals surface area contributed by atoms with Crippen molar-refractivity contribution in [3.63, 3.8) is 0 Å². The molecule has 0 saturated heterocycles. The van der Waals surface area contributed by atoms with Crippen LogP contribution in [-0.2, 0) is 26.2 Å². The Morgan fingerprint density at radius 1 is 1.05 bits per heavy atom. The highest BCUT2D eigenvalue weighted by Gasteiger charge is 2.29. The summed E-state index contributed by atoms with van der Waals surface area (Å²) in [7, 11) is -3.56. The standard InChI is InChI=1S/C27H37Cl2N3O4S/c1-7-24(27(34)30-18(2)3)31(17-21-13-14-22(28)23(29)16-21)26(33)12-9-15-32(37(6,35)36)25-11-8-10-19(4)20(25)5/h8,10-11,13-14,16,18,24H,7,9,12,15,17H2,1-6H3,(H,30,34)/t24-/m1/s1. The highest BCUT2D eigenvalue weighted by Crippen LogP contribution is 2.26. The molecule has 0 spiro atoms. The van der Waals surface area contributed by atoms with Gasteiger partial charge in [-0.05, 0) is 75.4 Å². The summed E-state index contributed by atoms with van der Waals surface area (Å²) in [6.07, 6.45) is 1.95. The molecule has 0 aliphatic heterocycles. The summed E-state index contributed by atoms with van der Waals surface area (Å²) in [5, 5.41) is 3.66. The second kappa shape index (κ2) is 13.5. The van der Waals surface area contributed by atoms with E-state index in [0.29, 0.717) is 28.6 Å². The molecule has 2 aromatic rings. The third kappa shape index (κ3) is 8.62. The summed E-state index contributed by atoms with van der Waals surface area (Å²) in [5.74, 6) is -0.481. The zero-order chi connectivity index (χ0) is 27.9. The third-order valence-corrected chi connectivity index (χ3v) is 8.07. The molecular weight excluding hydrogens is 533 g/mol. The van der Waals surface area contributed by atoms with Crippen LogP contribution in [0.15, 0.2) is 36.4 Å². The number of nitrogens with one attached hydrogen (secondary N) is 1. The highest BCUT2D eigenvalue weighted by atomic mass is 35.5. The number of hydrogen-bond acceptors (Lipinski definition) is 4. The maximum absolute atomic E-state index is 13.5. The van der Waals surface area contributed by atoms with Crippen molar-refractivity contribution in [2.75, 3.05) is 17.1 Å². The van der Waals surface area contributed by atoms with Crippen molar-refractivity contribution in [2.45, 2.75) is 72.5 Å². The Bertz CT molecular complexity index is 1220. The lowest BCUT2D eigenvalue weighted by Gasteiger charge is -2.32. The van der Waals surface area contributed by atoms with Gasteiger partial charge in [0.05, 0.1) is 22.0 Å². The molecule has 0 bridgehead atoms. The molecule has 0 aliphatic carbocycles. The summed E-state index contributed by atoms with van der Waals surface area (Å²) in [6.45, 7) is 9.71. The highest BCUT2D eigenvalue weighted by molar-refractivity contribution is 7.92. The van der Waals surface area contributed by atoms with Gasteiger partial charge in [0.1, 0.15) is 6.04 Å². The topological polar surface area (TPSA) is 86.8 Å². The minimum absolute atomic E-state index is 0.0731. The molecule has 0 saturated carbocycles. The number of sulfonamides is 1. The molecule has 0 aliphatic rings. The van der Waals surface area contributed by atoms with E-state index in [1.54, 1.807) is 29.2 Å². The van der Waals surface area contributed by atoms with E-state index in [1.165, 1.54) is 4.31 Å². The van der Waals surface area contributed by atoms with Crippen LogP contribution in [-0.4, -0.2) is 50.0 Å². The molecule has 10 heteroatoms. The van der Waals surface area contributed by atoms with Gasteiger partial charge in [-0.1, -0.05) is 48.3 Å². The monoisotopic (exact) mass is 569 g/mol. The van der Waals surface area contributed by atoms with Crippen LogP contribution in [0.4, 0.5) is 5.69 Å². The molecule has 7 nitrogen and oxygen atoms in total. The van der Waals surface area contributed by atoms with Crippen LogP contribution in [0.2, 0.25) is 10.0 Å². The molecule has 2 amide bonds. The Morgan fingerprint density at radius 3 is 2.30 bits per heavy atom. The van der Waals surface area contributed by atoms with E-state index in [9.17, 15) is 18.0 Å². The maximum Gasteiger partial charge on any atom is 0.243 e. The van der Waals surface area contributed by atoms with Crippen LogP contribution in [0.3, 0.4) is 0 Å². The minimum atomic E-state index is -3.56. The number of benzene rings is 2. The van der Waals surface area contributed by atoms with E-state index in [2.05, 4.69) is 5.32 Å². The molecule has 0 fully saturated rings. The molecule has 1 atom stereocenters. The van der Waals surface area contributed by atoms with Gasteiger partial charge in [-0.3, -0.25) is 13.9 Å². The summed E-state index contributed by atoms with van der Waals surface area (Å²) in [6, 6.07) is 9.86. The number of nitrogens with zero attached hydrogens (tertiary/aromatic N) is 2. The Morgan fingerprint density at radius 2 is 1.73 bits per heavy atom. The van der Waals surface area contributed by atoms with Gasteiger partial charge in [0, 0.05) is 25.6 Å². The van der Waals surface area contributed by atoms with Crippen molar-refractivity contribution < 1.29 is 18.0 Å². The van der Waals surface area contributed by atoms with E-state index in [1.807, 2.05) is 46.8 Å². The zero-order valence-corrected chi connectivity index (χ0v) is 24.7. The maximum atomic E-state index is 13.5.